The number of anilines is 1. The van der Waals surface area contributed by atoms with Gasteiger partial charge in [0.2, 0.25) is 10.0 Å². The zero-order valence-corrected chi connectivity index (χ0v) is 16.5. The number of benzene rings is 2. The van der Waals surface area contributed by atoms with E-state index in [0.717, 1.165) is 12.1 Å². The summed E-state index contributed by atoms with van der Waals surface area (Å²) in [6.45, 7) is -0.0360. The molecule has 0 spiro atoms. The molecule has 7 nitrogen and oxygen atoms in total. The number of halogens is 2. The summed E-state index contributed by atoms with van der Waals surface area (Å²) in [7, 11) is -2.49. The number of hydrogen-bond donors (Lipinski definition) is 2. The molecule has 0 aliphatic carbocycles. The van der Waals surface area contributed by atoms with E-state index in [1.165, 1.54) is 23.9 Å². The van der Waals surface area contributed by atoms with Gasteiger partial charge in [-0.15, -0.1) is 0 Å². The fourth-order valence-corrected chi connectivity index (χ4v) is 4.64. The number of carbonyl (C=O) groups excluding carboxylic acids is 1. The summed E-state index contributed by atoms with van der Waals surface area (Å²) in [6, 6.07) is 11.2. The minimum Gasteiger partial charge on any atom is -0.488 e. The molecule has 1 amide bonds. The molecule has 0 unspecified atom stereocenters. The fraction of sp³-hybridized carbons (Fsp3) is 0.150. The Morgan fingerprint density at radius 1 is 1.17 bits per heavy atom. The summed E-state index contributed by atoms with van der Waals surface area (Å²) in [5.41, 5.74) is 0.669. The molecule has 0 saturated heterocycles. The Hall–Kier alpha value is -3.24. The molecule has 1 aromatic heterocycles. The van der Waals surface area contributed by atoms with Gasteiger partial charge in [0.1, 0.15) is 11.5 Å². The quantitative estimate of drug-likeness (QED) is 0.665. The molecule has 30 heavy (non-hydrogen) atoms. The van der Waals surface area contributed by atoms with E-state index in [1.54, 1.807) is 24.3 Å². The van der Waals surface area contributed by atoms with Gasteiger partial charge in [0.05, 0.1) is 6.04 Å². The van der Waals surface area contributed by atoms with E-state index in [9.17, 15) is 22.0 Å². The van der Waals surface area contributed by atoms with Crippen LogP contribution in [0.5, 0.6) is 5.75 Å². The minimum absolute atomic E-state index is 0.0191. The molecular formula is C20H17F2N3O4S. The summed E-state index contributed by atoms with van der Waals surface area (Å²) in [4.78, 5) is 12.6. The molecule has 0 saturated carbocycles. The molecule has 1 aliphatic heterocycles. The van der Waals surface area contributed by atoms with Gasteiger partial charge in [0.15, 0.2) is 23.1 Å². The van der Waals surface area contributed by atoms with Crippen LogP contribution in [0.25, 0.3) is 0 Å². The molecule has 1 aliphatic rings. The molecule has 0 bridgehead atoms. The van der Waals surface area contributed by atoms with Gasteiger partial charge < -0.3 is 14.6 Å². The smallest absolute Gasteiger partial charge is 0.276 e. The van der Waals surface area contributed by atoms with Crippen LogP contribution < -0.4 is 14.8 Å². The van der Waals surface area contributed by atoms with E-state index >= 15 is 0 Å². The Morgan fingerprint density at radius 3 is 2.60 bits per heavy atom. The zero-order valence-electron chi connectivity index (χ0n) is 15.7. The predicted molar refractivity (Wildman–Crippen MR) is 105 cm³/mol. The second-order valence-electron chi connectivity index (χ2n) is 6.76. The lowest BCUT2D eigenvalue weighted by Crippen LogP contribution is -2.29. The lowest BCUT2D eigenvalue weighted by atomic mass is 10.1. The van der Waals surface area contributed by atoms with Crippen LogP contribution in [-0.2, 0) is 17.1 Å². The molecule has 2 N–H and O–H groups in total. The van der Waals surface area contributed by atoms with E-state index in [2.05, 4.69) is 10.0 Å². The largest absolute Gasteiger partial charge is 0.488 e. The van der Waals surface area contributed by atoms with Crippen LogP contribution in [0.15, 0.2) is 59.6 Å². The normalized spacial score (nSPS) is 17.5. The van der Waals surface area contributed by atoms with Crippen molar-refractivity contribution < 1.29 is 26.7 Å². The lowest BCUT2D eigenvalue weighted by molar-refractivity contribution is 0.101. The SMILES string of the molecule is Cn1cc2c(c1C(=O)Nc1ccc(F)c(F)c1)OC[C@@H](c1ccccc1)NS2(=O)=O. The lowest BCUT2D eigenvalue weighted by Gasteiger charge is -2.16. The van der Waals surface area contributed by atoms with Crippen LogP contribution >= 0.6 is 0 Å². The number of amides is 1. The van der Waals surface area contributed by atoms with E-state index in [-0.39, 0.29) is 28.6 Å². The van der Waals surface area contributed by atoms with Crippen LogP contribution in [0.1, 0.15) is 22.1 Å². The topological polar surface area (TPSA) is 89.4 Å². The molecule has 2 heterocycles. The van der Waals surface area contributed by atoms with Gasteiger partial charge in [-0.2, -0.15) is 0 Å². The molecule has 156 valence electrons. The van der Waals surface area contributed by atoms with E-state index in [0.29, 0.717) is 5.56 Å². The zero-order chi connectivity index (χ0) is 21.5. The fourth-order valence-electron chi connectivity index (χ4n) is 3.24. The maximum Gasteiger partial charge on any atom is 0.276 e. The first kappa shape index (κ1) is 20.0. The Kier molecular flexibility index (Phi) is 5.04. The van der Waals surface area contributed by atoms with Gasteiger partial charge in [0.25, 0.3) is 5.91 Å². The van der Waals surface area contributed by atoms with Gasteiger partial charge in [-0.05, 0) is 17.7 Å². The number of fused-ring (bicyclic) bond motifs is 1. The van der Waals surface area contributed by atoms with Crippen molar-refractivity contribution >= 4 is 21.6 Å². The highest BCUT2D eigenvalue weighted by atomic mass is 32.2. The number of aryl methyl sites for hydroxylation is 1. The molecule has 1 atom stereocenters. The first-order valence-corrected chi connectivity index (χ1v) is 10.4. The molecular weight excluding hydrogens is 416 g/mol. The van der Waals surface area contributed by atoms with E-state index in [1.807, 2.05) is 6.07 Å². The first-order chi connectivity index (χ1) is 14.3. The van der Waals surface area contributed by atoms with Crippen molar-refractivity contribution in [1.29, 1.82) is 0 Å². The van der Waals surface area contributed by atoms with E-state index < -0.39 is 33.6 Å². The number of carbonyl (C=O) groups is 1. The summed E-state index contributed by atoms with van der Waals surface area (Å²) in [6.07, 6.45) is 1.27. The Labute approximate surface area is 171 Å². The van der Waals surface area contributed by atoms with Gasteiger partial charge in [-0.25, -0.2) is 21.9 Å². The molecule has 2 aromatic carbocycles. The van der Waals surface area contributed by atoms with Crippen molar-refractivity contribution in [2.45, 2.75) is 10.9 Å². The van der Waals surface area contributed by atoms with Gasteiger partial charge >= 0.3 is 0 Å². The number of nitrogens with zero attached hydrogens (tertiary/aromatic N) is 1. The van der Waals surface area contributed by atoms with Crippen LogP contribution in [0.2, 0.25) is 0 Å². The summed E-state index contributed by atoms with van der Waals surface area (Å²) in [5.74, 6) is -3.00. The van der Waals surface area contributed by atoms with Crippen LogP contribution in [0.3, 0.4) is 0 Å². The Bertz CT molecular complexity index is 1230. The van der Waals surface area contributed by atoms with Crippen LogP contribution in [-0.4, -0.2) is 25.5 Å². The summed E-state index contributed by atoms with van der Waals surface area (Å²) >= 11 is 0. The van der Waals surface area contributed by atoms with Crippen LogP contribution in [0.4, 0.5) is 14.5 Å². The Morgan fingerprint density at radius 2 is 1.90 bits per heavy atom. The second kappa shape index (κ2) is 7.54. The second-order valence-corrected chi connectivity index (χ2v) is 8.44. The maximum absolute atomic E-state index is 13.4. The monoisotopic (exact) mass is 433 g/mol. The molecule has 10 heteroatoms. The van der Waals surface area contributed by atoms with Crippen LogP contribution in [0, 0.1) is 11.6 Å². The summed E-state index contributed by atoms with van der Waals surface area (Å²) < 4.78 is 62.0. The van der Waals surface area contributed by atoms with Gasteiger partial charge in [-0.1, -0.05) is 30.3 Å². The van der Waals surface area contributed by atoms with E-state index in [4.69, 9.17) is 4.74 Å². The number of hydrogen-bond acceptors (Lipinski definition) is 4. The highest BCUT2D eigenvalue weighted by Crippen LogP contribution is 2.35. The third-order valence-corrected chi connectivity index (χ3v) is 6.14. The summed E-state index contributed by atoms with van der Waals surface area (Å²) in [5, 5.41) is 2.43. The molecule has 3 aromatic rings. The first-order valence-electron chi connectivity index (χ1n) is 8.92. The average Bonchev–Trinajstić information content (AvgIpc) is 2.99. The number of rotatable bonds is 3. The van der Waals surface area contributed by atoms with Crippen molar-refractivity contribution in [3.8, 4) is 5.75 Å². The molecule has 4 rings (SSSR count). The van der Waals surface area contributed by atoms with Crippen molar-refractivity contribution in [3.63, 3.8) is 0 Å². The average molecular weight is 433 g/mol. The van der Waals surface area contributed by atoms with Crippen molar-refractivity contribution in [2.24, 2.45) is 7.05 Å². The number of nitrogens with one attached hydrogen (secondary N) is 2. The molecule has 0 radical (unpaired) electrons. The standard InChI is InChI=1S/C20H17F2N3O4S/c1-25-10-17-19(18(25)20(26)23-13-7-8-14(21)15(22)9-13)29-11-16(24-30(17,27)28)12-5-3-2-4-6-12/h2-10,16,24H,11H2,1H3,(H,23,26)/t16-/m0/s1. The predicted octanol–water partition coefficient (Wildman–Crippen LogP) is 2.97. The number of ether oxygens (including phenoxy) is 1. The maximum atomic E-state index is 13.4. The third-order valence-electron chi connectivity index (χ3n) is 4.68. The molecule has 0 fully saturated rings. The highest BCUT2D eigenvalue weighted by molar-refractivity contribution is 7.89. The van der Waals surface area contributed by atoms with Gasteiger partial charge in [-0.3, -0.25) is 4.79 Å². The van der Waals surface area contributed by atoms with Crippen molar-refractivity contribution in [3.05, 3.63) is 77.6 Å². The van der Waals surface area contributed by atoms with Crippen molar-refractivity contribution in [1.82, 2.24) is 9.29 Å². The number of aromatic nitrogens is 1. The van der Waals surface area contributed by atoms with Gasteiger partial charge in [0, 0.05) is 25.0 Å². The minimum atomic E-state index is -3.98. The number of sulfonamides is 1. The highest BCUT2D eigenvalue weighted by Gasteiger charge is 2.35. The third kappa shape index (κ3) is 3.66. The van der Waals surface area contributed by atoms with Crippen molar-refractivity contribution in [2.75, 3.05) is 11.9 Å². The Balaban J connectivity index is 1.68.